The third kappa shape index (κ3) is 2.91. The highest BCUT2D eigenvalue weighted by molar-refractivity contribution is 5.55. The van der Waals surface area contributed by atoms with E-state index in [-0.39, 0.29) is 17.6 Å². The summed E-state index contributed by atoms with van der Waals surface area (Å²) in [5.74, 6) is 3.82. The molecule has 2 heteroatoms. The molecule has 2 nitrogen and oxygen atoms in total. The molecule has 0 saturated heterocycles. The van der Waals surface area contributed by atoms with E-state index in [1.54, 1.807) is 0 Å². The monoisotopic (exact) mass is 366 g/mol. The molecule has 5 rings (SSSR count). The Morgan fingerprint density at radius 1 is 0.926 bits per heavy atom. The van der Waals surface area contributed by atoms with Crippen LogP contribution in [0.25, 0.3) is 6.08 Å². The fourth-order valence-corrected chi connectivity index (χ4v) is 7.59. The molecule has 4 aliphatic rings. The first kappa shape index (κ1) is 17.9. The van der Waals surface area contributed by atoms with Crippen molar-refractivity contribution in [3.05, 3.63) is 41.5 Å². The van der Waals surface area contributed by atoms with Crippen LogP contribution in [0.3, 0.4) is 0 Å². The molecular weight excluding hydrogens is 332 g/mol. The minimum Gasteiger partial charge on any atom is -0.393 e. The van der Waals surface area contributed by atoms with Crippen molar-refractivity contribution in [1.29, 1.82) is 0 Å². The van der Waals surface area contributed by atoms with Crippen LogP contribution in [0.1, 0.15) is 63.9 Å². The fraction of sp³-hybridized carbons (Fsp3) is 0.680. The second kappa shape index (κ2) is 6.74. The Bertz CT molecular complexity index is 710. The van der Waals surface area contributed by atoms with Crippen LogP contribution >= 0.6 is 0 Å². The van der Waals surface area contributed by atoms with Gasteiger partial charge in [0.25, 0.3) is 0 Å². The summed E-state index contributed by atoms with van der Waals surface area (Å²) in [5.41, 5.74) is 2.54. The van der Waals surface area contributed by atoms with Crippen molar-refractivity contribution in [3.8, 4) is 0 Å². The summed E-state index contributed by atoms with van der Waals surface area (Å²) in [6, 6.07) is 10.5. The Morgan fingerprint density at radius 2 is 1.70 bits per heavy atom. The third-order valence-electron chi connectivity index (χ3n) is 8.95. The van der Waals surface area contributed by atoms with Crippen molar-refractivity contribution in [2.24, 2.45) is 35.0 Å². The molecule has 8 atom stereocenters. The lowest BCUT2D eigenvalue weighted by molar-refractivity contribution is -0.0897. The van der Waals surface area contributed by atoms with Gasteiger partial charge in [0, 0.05) is 5.41 Å². The van der Waals surface area contributed by atoms with Gasteiger partial charge in [0.15, 0.2) is 0 Å². The molecule has 4 saturated carbocycles. The maximum absolute atomic E-state index is 11.3. The van der Waals surface area contributed by atoms with Crippen molar-refractivity contribution in [2.75, 3.05) is 0 Å². The molecule has 0 amide bonds. The van der Waals surface area contributed by atoms with E-state index < -0.39 is 0 Å². The Kier molecular flexibility index (Phi) is 4.48. The van der Waals surface area contributed by atoms with Crippen molar-refractivity contribution in [1.82, 2.24) is 0 Å². The quantitative estimate of drug-likeness (QED) is 0.730. The van der Waals surface area contributed by atoms with Crippen LogP contribution in [0.5, 0.6) is 0 Å². The van der Waals surface area contributed by atoms with Gasteiger partial charge in [-0.25, -0.2) is 0 Å². The van der Waals surface area contributed by atoms with Gasteiger partial charge in [0.2, 0.25) is 0 Å². The third-order valence-corrected chi connectivity index (χ3v) is 8.95. The SMILES string of the molecule is C[C@@]12CC[C@H]3[C@@H]4CC[C@H](O)C[C@H]4CC[C@@H]3[C@H]1CC(=Cc1ccccc1)[C@H]2O. The van der Waals surface area contributed by atoms with E-state index in [2.05, 4.69) is 43.3 Å². The molecule has 1 aromatic carbocycles. The lowest BCUT2D eigenvalue weighted by Gasteiger charge is -2.55. The highest BCUT2D eigenvalue weighted by Crippen LogP contribution is 2.63. The van der Waals surface area contributed by atoms with Crippen molar-refractivity contribution >= 4 is 6.08 Å². The first-order valence-electron chi connectivity index (χ1n) is 11.2. The minimum absolute atomic E-state index is 0.0506. The molecule has 0 bridgehead atoms. The van der Waals surface area contributed by atoms with Gasteiger partial charge in [0.05, 0.1) is 12.2 Å². The van der Waals surface area contributed by atoms with Gasteiger partial charge >= 0.3 is 0 Å². The van der Waals surface area contributed by atoms with Gasteiger partial charge in [-0.15, -0.1) is 0 Å². The molecular formula is C25H34O2. The van der Waals surface area contributed by atoms with Crippen molar-refractivity contribution < 1.29 is 10.2 Å². The molecule has 4 aliphatic carbocycles. The topological polar surface area (TPSA) is 40.5 Å². The molecule has 0 aromatic heterocycles. The molecule has 0 spiro atoms. The van der Waals surface area contributed by atoms with E-state index in [0.29, 0.717) is 5.92 Å². The first-order valence-corrected chi connectivity index (χ1v) is 11.2. The lowest BCUT2D eigenvalue weighted by Crippen LogP contribution is -2.49. The lowest BCUT2D eigenvalue weighted by atomic mass is 9.50. The van der Waals surface area contributed by atoms with Gasteiger partial charge < -0.3 is 10.2 Å². The van der Waals surface area contributed by atoms with Crippen molar-refractivity contribution in [3.63, 3.8) is 0 Å². The van der Waals surface area contributed by atoms with E-state index in [9.17, 15) is 10.2 Å². The van der Waals surface area contributed by atoms with E-state index in [4.69, 9.17) is 0 Å². The largest absolute Gasteiger partial charge is 0.393 e. The fourth-order valence-electron chi connectivity index (χ4n) is 7.59. The number of aliphatic hydroxyl groups excluding tert-OH is 2. The van der Waals surface area contributed by atoms with Crippen LogP contribution in [0.15, 0.2) is 35.9 Å². The average Bonchev–Trinajstić information content (AvgIpc) is 2.93. The summed E-state index contributed by atoms with van der Waals surface area (Å²) in [4.78, 5) is 0. The summed E-state index contributed by atoms with van der Waals surface area (Å²) in [6.45, 7) is 2.36. The van der Waals surface area contributed by atoms with Crippen LogP contribution < -0.4 is 0 Å². The molecule has 146 valence electrons. The number of hydrogen-bond donors (Lipinski definition) is 2. The van der Waals surface area contributed by atoms with Gasteiger partial charge in [-0.3, -0.25) is 0 Å². The van der Waals surface area contributed by atoms with Crippen LogP contribution in [-0.4, -0.2) is 22.4 Å². The highest BCUT2D eigenvalue weighted by Gasteiger charge is 2.58. The summed E-state index contributed by atoms with van der Waals surface area (Å²) in [6.07, 6.45) is 11.3. The standard InChI is InChI=1S/C25H34O2/c1-25-12-11-21-20-10-8-19(26)14-17(20)7-9-22(21)23(25)15-18(24(25)27)13-16-5-3-2-4-6-16/h2-6,13,17,19-24,26-27H,7-12,14-15H2,1H3/t17-,19+,20-,21+,22+,23-,24-,25-/m1/s1. The average molecular weight is 367 g/mol. The van der Waals surface area contributed by atoms with Crippen LogP contribution in [0.2, 0.25) is 0 Å². The Labute approximate surface area is 163 Å². The maximum Gasteiger partial charge on any atom is 0.0809 e. The number of fused-ring (bicyclic) bond motifs is 5. The number of aliphatic hydroxyl groups is 2. The number of benzene rings is 1. The van der Waals surface area contributed by atoms with E-state index in [1.165, 1.54) is 36.8 Å². The first-order chi connectivity index (χ1) is 13.1. The predicted molar refractivity (Wildman–Crippen MR) is 109 cm³/mol. The van der Waals surface area contributed by atoms with Crippen LogP contribution in [0.4, 0.5) is 0 Å². The Balaban J connectivity index is 1.41. The molecule has 0 aliphatic heterocycles. The Hall–Kier alpha value is -1.12. The van der Waals surface area contributed by atoms with Crippen molar-refractivity contribution in [2.45, 2.75) is 70.5 Å². The second-order valence-corrected chi connectivity index (χ2v) is 10.2. The van der Waals surface area contributed by atoms with E-state index in [1.807, 2.05) is 0 Å². The molecule has 1 aromatic rings. The van der Waals surface area contributed by atoms with Gasteiger partial charge in [-0.05, 0) is 92.1 Å². The molecule has 2 N–H and O–H groups in total. The zero-order valence-corrected chi connectivity index (χ0v) is 16.6. The number of rotatable bonds is 1. The summed E-state index contributed by atoms with van der Waals surface area (Å²) in [5, 5.41) is 21.4. The summed E-state index contributed by atoms with van der Waals surface area (Å²) < 4.78 is 0. The Morgan fingerprint density at radius 3 is 2.52 bits per heavy atom. The molecule has 0 unspecified atom stereocenters. The summed E-state index contributed by atoms with van der Waals surface area (Å²) >= 11 is 0. The molecule has 4 fully saturated rings. The van der Waals surface area contributed by atoms with Gasteiger partial charge in [-0.2, -0.15) is 0 Å². The highest BCUT2D eigenvalue weighted by atomic mass is 16.3. The normalized spacial score (nSPS) is 48.0. The van der Waals surface area contributed by atoms with Crippen LogP contribution in [0, 0.1) is 35.0 Å². The molecule has 0 radical (unpaired) electrons. The summed E-state index contributed by atoms with van der Waals surface area (Å²) in [7, 11) is 0. The van der Waals surface area contributed by atoms with E-state index in [0.717, 1.165) is 49.4 Å². The van der Waals surface area contributed by atoms with Crippen LogP contribution in [-0.2, 0) is 0 Å². The number of hydrogen-bond acceptors (Lipinski definition) is 2. The zero-order valence-electron chi connectivity index (χ0n) is 16.6. The predicted octanol–water partition coefficient (Wildman–Crippen LogP) is 5.05. The van der Waals surface area contributed by atoms with Gasteiger partial charge in [-0.1, -0.05) is 43.3 Å². The van der Waals surface area contributed by atoms with Gasteiger partial charge in [0.1, 0.15) is 0 Å². The zero-order chi connectivity index (χ0) is 18.6. The second-order valence-electron chi connectivity index (χ2n) is 10.2. The smallest absolute Gasteiger partial charge is 0.0809 e. The molecule has 0 heterocycles. The van der Waals surface area contributed by atoms with E-state index >= 15 is 0 Å². The molecule has 27 heavy (non-hydrogen) atoms. The maximum atomic E-state index is 11.3. The minimum atomic E-state index is -0.283.